The molecule has 96 valence electrons. The summed E-state index contributed by atoms with van der Waals surface area (Å²) in [4.78, 5) is 4.47. The van der Waals surface area contributed by atoms with Crippen molar-refractivity contribution >= 4 is 0 Å². The fourth-order valence-corrected chi connectivity index (χ4v) is 2.13. The lowest BCUT2D eigenvalue weighted by Gasteiger charge is -2.13. The maximum absolute atomic E-state index is 5.48. The van der Waals surface area contributed by atoms with Crippen LogP contribution in [0.5, 0.6) is 0 Å². The zero-order valence-electron chi connectivity index (χ0n) is 10.8. The Morgan fingerprint density at radius 2 is 2.24 bits per heavy atom. The lowest BCUT2D eigenvalue weighted by molar-refractivity contribution is 0.185. The van der Waals surface area contributed by atoms with Crippen LogP contribution in [0.3, 0.4) is 0 Å². The molecular weight excluding hydrogens is 218 g/mol. The van der Waals surface area contributed by atoms with Crippen molar-refractivity contribution in [3.63, 3.8) is 0 Å². The third-order valence-electron chi connectivity index (χ3n) is 2.94. The first-order chi connectivity index (χ1) is 8.20. The van der Waals surface area contributed by atoms with Crippen molar-refractivity contribution in [2.75, 3.05) is 19.8 Å². The summed E-state index contributed by atoms with van der Waals surface area (Å²) in [5, 5.41) is 7.42. The van der Waals surface area contributed by atoms with Gasteiger partial charge in [-0.15, -0.1) is 0 Å². The second-order valence-corrected chi connectivity index (χ2v) is 4.95. The molecule has 2 rings (SSSR count). The first-order valence-electron chi connectivity index (χ1n) is 6.34. The molecule has 5 nitrogen and oxygen atoms in total. The number of hydrogen-bond acceptors (Lipinski definition) is 5. The Morgan fingerprint density at radius 3 is 2.94 bits per heavy atom. The number of likely N-dealkylation sites (N-methyl/N-ethyl adjacent to an activating group) is 1. The number of rotatable bonds is 5. The molecule has 1 N–H and O–H groups in total. The summed E-state index contributed by atoms with van der Waals surface area (Å²) in [6.07, 6.45) is 0.864. The molecule has 17 heavy (non-hydrogen) atoms. The molecule has 0 amide bonds. The van der Waals surface area contributed by atoms with Crippen molar-refractivity contribution in [3.8, 4) is 0 Å². The van der Waals surface area contributed by atoms with Gasteiger partial charge in [0.2, 0.25) is 5.89 Å². The lowest BCUT2D eigenvalue weighted by atomic mass is 10.0. The molecule has 1 aromatic heterocycles. The van der Waals surface area contributed by atoms with Gasteiger partial charge in [0, 0.05) is 12.5 Å². The minimum Gasteiger partial charge on any atom is -0.379 e. The lowest BCUT2D eigenvalue weighted by Crippen LogP contribution is -2.34. The summed E-state index contributed by atoms with van der Waals surface area (Å²) in [7, 11) is 0. The van der Waals surface area contributed by atoms with E-state index in [-0.39, 0.29) is 5.92 Å². The van der Waals surface area contributed by atoms with E-state index < -0.39 is 0 Å². The van der Waals surface area contributed by atoms with E-state index in [9.17, 15) is 0 Å². The monoisotopic (exact) mass is 239 g/mol. The highest BCUT2D eigenvalue weighted by Gasteiger charge is 2.33. The molecule has 1 aliphatic rings. The standard InChI is InChI=1S/C12H21N3O2/c1-4-13-10-7-16-6-9(10)12-14-11(15-17-12)5-8(2)3/h8-10,13H,4-7H2,1-3H3. The van der Waals surface area contributed by atoms with Gasteiger partial charge >= 0.3 is 0 Å². The predicted molar refractivity (Wildman–Crippen MR) is 63.9 cm³/mol. The number of aromatic nitrogens is 2. The minimum atomic E-state index is 0.198. The van der Waals surface area contributed by atoms with Crippen molar-refractivity contribution in [2.24, 2.45) is 5.92 Å². The van der Waals surface area contributed by atoms with Crippen molar-refractivity contribution < 1.29 is 9.26 Å². The maximum Gasteiger partial charge on any atom is 0.233 e. The average molecular weight is 239 g/mol. The molecule has 0 aromatic carbocycles. The summed E-state index contributed by atoms with van der Waals surface area (Å²) in [5.41, 5.74) is 0. The topological polar surface area (TPSA) is 60.2 Å². The van der Waals surface area contributed by atoms with Crippen molar-refractivity contribution in [1.82, 2.24) is 15.5 Å². The Bertz CT molecular complexity index is 351. The van der Waals surface area contributed by atoms with E-state index in [0.717, 1.165) is 25.4 Å². The second kappa shape index (κ2) is 5.60. The van der Waals surface area contributed by atoms with E-state index in [1.807, 2.05) is 0 Å². The molecular formula is C12H21N3O2. The summed E-state index contributed by atoms with van der Waals surface area (Å²) in [5.74, 6) is 2.26. The Kier molecular flexibility index (Phi) is 4.12. The minimum absolute atomic E-state index is 0.198. The van der Waals surface area contributed by atoms with Crippen LogP contribution >= 0.6 is 0 Å². The molecule has 2 unspecified atom stereocenters. The van der Waals surface area contributed by atoms with Crippen LogP contribution < -0.4 is 5.32 Å². The van der Waals surface area contributed by atoms with E-state index in [0.29, 0.717) is 24.5 Å². The van der Waals surface area contributed by atoms with E-state index in [4.69, 9.17) is 9.26 Å². The second-order valence-electron chi connectivity index (χ2n) is 4.95. The normalized spacial score (nSPS) is 24.7. The molecule has 1 saturated heterocycles. The summed E-state index contributed by atoms with van der Waals surface area (Å²) in [6.45, 7) is 8.71. The summed E-state index contributed by atoms with van der Waals surface area (Å²) < 4.78 is 10.8. The van der Waals surface area contributed by atoms with Gasteiger partial charge in [-0.05, 0) is 12.5 Å². The van der Waals surface area contributed by atoms with E-state index in [1.165, 1.54) is 0 Å². The molecule has 5 heteroatoms. The van der Waals surface area contributed by atoms with Crippen LogP contribution in [0.1, 0.15) is 38.4 Å². The van der Waals surface area contributed by atoms with Gasteiger partial charge in [-0.2, -0.15) is 4.98 Å². The molecule has 0 radical (unpaired) electrons. The van der Waals surface area contributed by atoms with Crippen LogP contribution in [-0.2, 0) is 11.2 Å². The van der Waals surface area contributed by atoms with Crippen LogP contribution in [0, 0.1) is 5.92 Å². The van der Waals surface area contributed by atoms with E-state index in [2.05, 4.69) is 36.2 Å². The highest BCUT2D eigenvalue weighted by Crippen LogP contribution is 2.24. The zero-order valence-corrected chi connectivity index (χ0v) is 10.8. The van der Waals surface area contributed by atoms with E-state index >= 15 is 0 Å². The highest BCUT2D eigenvalue weighted by molar-refractivity contribution is 5.02. The largest absolute Gasteiger partial charge is 0.379 e. The molecule has 2 heterocycles. The highest BCUT2D eigenvalue weighted by atomic mass is 16.5. The van der Waals surface area contributed by atoms with Crippen LogP contribution in [0.4, 0.5) is 0 Å². The molecule has 0 bridgehead atoms. The third-order valence-corrected chi connectivity index (χ3v) is 2.94. The van der Waals surface area contributed by atoms with Crippen LogP contribution in [0.25, 0.3) is 0 Å². The van der Waals surface area contributed by atoms with Gasteiger partial charge in [0.25, 0.3) is 0 Å². The first-order valence-corrected chi connectivity index (χ1v) is 6.34. The summed E-state index contributed by atoms with van der Waals surface area (Å²) in [6, 6.07) is 0.298. The predicted octanol–water partition coefficient (Wildman–Crippen LogP) is 1.36. The van der Waals surface area contributed by atoms with Crippen molar-refractivity contribution in [1.29, 1.82) is 0 Å². The maximum atomic E-state index is 5.48. The third kappa shape index (κ3) is 3.04. The molecule has 2 atom stereocenters. The summed E-state index contributed by atoms with van der Waals surface area (Å²) >= 11 is 0. The zero-order chi connectivity index (χ0) is 12.3. The molecule has 0 spiro atoms. The average Bonchev–Trinajstić information content (AvgIpc) is 2.86. The number of nitrogens with one attached hydrogen (secondary N) is 1. The van der Waals surface area contributed by atoms with Gasteiger partial charge in [-0.1, -0.05) is 25.9 Å². The van der Waals surface area contributed by atoms with Gasteiger partial charge in [0.05, 0.1) is 19.1 Å². The smallest absolute Gasteiger partial charge is 0.233 e. The quantitative estimate of drug-likeness (QED) is 0.840. The van der Waals surface area contributed by atoms with Crippen molar-refractivity contribution in [2.45, 2.75) is 39.2 Å². The molecule has 0 aliphatic carbocycles. The van der Waals surface area contributed by atoms with Gasteiger partial charge in [-0.25, -0.2) is 0 Å². The van der Waals surface area contributed by atoms with Gasteiger partial charge < -0.3 is 14.6 Å². The van der Waals surface area contributed by atoms with Gasteiger partial charge in [-0.3, -0.25) is 0 Å². The van der Waals surface area contributed by atoms with Gasteiger partial charge in [0.1, 0.15) is 0 Å². The number of nitrogens with zero attached hydrogens (tertiary/aromatic N) is 2. The first kappa shape index (κ1) is 12.5. The van der Waals surface area contributed by atoms with Crippen LogP contribution in [0.2, 0.25) is 0 Å². The Balaban J connectivity index is 2.03. The SMILES string of the molecule is CCNC1COCC1c1nc(CC(C)C)no1. The van der Waals surface area contributed by atoms with Crippen molar-refractivity contribution in [3.05, 3.63) is 11.7 Å². The molecule has 1 fully saturated rings. The van der Waals surface area contributed by atoms with Crippen LogP contribution in [-0.4, -0.2) is 35.9 Å². The molecule has 1 aromatic rings. The number of hydrogen-bond donors (Lipinski definition) is 1. The Hall–Kier alpha value is -0.940. The molecule has 1 aliphatic heterocycles. The molecule has 0 saturated carbocycles. The fourth-order valence-electron chi connectivity index (χ4n) is 2.13. The van der Waals surface area contributed by atoms with Crippen LogP contribution in [0.15, 0.2) is 4.52 Å². The fraction of sp³-hybridized carbons (Fsp3) is 0.833. The van der Waals surface area contributed by atoms with Gasteiger partial charge in [0.15, 0.2) is 5.82 Å². The Morgan fingerprint density at radius 1 is 1.41 bits per heavy atom. The van der Waals surface area contributed by atoms with E-state index in [1.54, 1.807) is 0 Å². The Labute approximate surface area is 102 Å². The number of ether oxygens (including phenoxy) is 1.